The molecule has 0 spiro atoms. The van der Waals surface area contributed by atoms with Crippen molar-refractivity contribution in [1.82, 2.24) is 10.3 Å². The molecule has 1 saturated carbocycles. The van der Waals surface area contributed by atoms with Crippen molar-refractivity contribution in [2.24, 2.45) is 11.8 Å². The van der Waals surface area contributed by atoms with Gasteiger partial charge in [-0.2, -0.15) is 5.26 Å². The summed E-state index contributed by atoms with van der Waals surface area (Å²) in [6, 6.07) is 6.00. The lowest BCUT2D eigenvalue weighted by atomic mass is 9.81. The maximum absolute atomic E-state index is 8.96. The first kappa shape index (κ1) is 14.0. The molecular weight excluding hydrogens is 234 g/mol. The molecule has 1 aromatic rings. The van der Waals surface area contributed by atoms with Gasteiger partial charge in [0.2, 0.25) is 0 Å². The molecule has 1 fully saturated rings. The molecule has 1 N–H and O–H groups in total. The van der Waals surface area contributed by atoms with Crippen LogP contribution in [0.15, 0.2) is 18.3 Å². The van der Waals surface area contributed by atoms with Crippen LogP contribution in [0.1, 0.15) is 50.3 Å². The Morgan fingerprint density at radius 2 is 2.16 bits per heavy atom. The minimum Gasteiger partial charge on any atom is -0.313 e. The van der Waals surface area contributed by atoms with Crippen LogP contribution in [-0.2, 0) is 6.54 Å². The van der Waals surface area contributed by atoms with E-state index in [1.165, 1.54) is 32.1 Å². The largest absolute Gasteiger partial charge is 0.313 e. The average molecular weight is 257 g/mol. The van der Waals surface area contributed by atoms with Gasteiger partial charge in [-0.25, -0.2) is 4.98 Å². The normalized spacial score (nSPS) is 22.9. The first-order chi connectivity index (χ1) is 9.29. The Labute approximate surface area is 116 Å². The molecule has 0 unspecified atom stereocenters. The molecular formula is C16H23N3. The fourth-order valence-corrected chi connectivity index (χ4v) is 2.83. The molecule has 102 valence electrons. The monoisotopic (exact) mass is 257 g/mol. The standard InChI is InChI=1S/C16H23N3/c1-13-4-6-14(7-5-13)8-10-18-12-15-3-2-9-19-16(15)11-17/h2-3,9,13-14,18H,4-8,10,12H2,1H3. The van der Waals surface area contributed by atoms with E-state index in [9.17, 15) is 0 Å². The Morgan fingerprint density at radius 1 is 1.37 bits per heavy atom. The van der Waals surface area contributed by atoms with Gasteiger partial charge >= 0.3 is 0 Å². The molecule has 19 heavy (non-hydrogen) atoms. The molecule has 3 heteroatoms. The lowest BCUT2D eigenvalue weighted by Gasteiger charge is -2.26. The van der Waals surface area contributed by atoms with Crippen LogP contribution < -0.4 is 5.32 Å². The van der Waals surface area contributed by atoms with E-state index in [2.05, 4.69) is 23.3 Å². The van der Waals surface area contributed by atoms with Crippen molar-refractivity contribution >= 4 is 0 Å². The second-order valence-corrected chi connectivity index (χ2v) is 5.71. The maximum atomic E-state index is 8.96. The fraction of sp³-hybridized carbons (Fsp3) is 0.625. The van der Waals surface area contributed by atoms with Gasteiger partial charge in [-0.05, 0) is 30.9 Å². The van der Waals surface area contributed by atoms with Crippen LogP contribution in [0.4, 0.5) is 0 Å². The van der Waals surface area contributed by atoms with Crippen LogP contribution in [-0.4, -0.2) is 11.5 Å². The first-order valence-corrected chi connectivity index (χ1v) is 7.34. The molecule has 0 aliphatic heterocycles. The zero-order valence-electron chi connectivity index (χ0n) is 11.7. The van der Waals surface area contributed by atoms with Crippen LogP contribution in [0.25, 0.3) is 0 Å². The van der Waals surface area contributed by atoms with Crippen molar-refractivity contribution in [2.45, 2.75) is 45.6 Å². The van der Waals surface area contributed by atoms with Gasteiger partial charge in [0.25, 0.3) is 0 Å². The number of aromatic nitrogens is 1. The van der Waals surface area contributed by atoms with E-state index >= 15 is 0 Å². The van der Waals surface area contributed by atoms with E-state index in [0.717, 1.165) is 30.5 Å². The number of nitrogens with one attached hydrogen (secondary N) is 1. The molecule has 1 aliphatic rings. The van der Waals surface area contributed by atoms with Gasteiger partial charge in [0.1, 0.15) is 11.8 Å². The van der Waals surface area contributed by atoms with E-state index in [0.29, 0.717) is 5.69 Å². The first-order valence-electron chi connectivity index (χ1n) is 7.34. The number of nitriles is 1. The van der Waals surface area contributed by atoms with Gasteiger partial charge in [-0.3, -0.25) is 0 Å². The molecule has 0 radical (unpaired) electrons. The van der Waals surface area contributed by atoms with Crippen LogP contribution in [0.3, 0.4) is 0 Å². The number of rotatable bonds is 5. The van der Waals surface area contributed by atoms with Crippen LogP contribution in [0, 0.1) is 23.2 Å². The molecule has 1 aliphatic carbocycles. The van der Waals surface area contributed by atoms with Crippen LogP contribution >= 0.6 is 0 Å². The minimum atomic E-state index is 0.543. The Morgan fingerprint density at radius 3 is 2.89 bits per heavy atom. The second kappa shape index (κ2) is 7.25. The average Bonchev–Trinajstić information content (AvgIpc) is 2.46. The predicted molar refractivity (Wildman–Crippen MR) is 76.4 cm³/mol. The van der Waals surface area contributed by atoms with Gasteiger partial charge in [0, 0.05) is 18.3 Å². The van der Waals surface area contributed by atoms with Gasteiger partial charge < -0.3 is 5.32 Å². The molecule has 1 aromatic heterocycles. The Bertz CT molecular complexity index is 428. The van der Waals surface area contributed by atoms with Gasteiger partial charge in [-0.15, -0.1) is 0 Å². The van der Waals surface area contributed by atoms with Crippen molar-refractivity contribution in [1.29, 1.82) is 5.26 Å². The summed E-state index contributed by atoms with van der Waals surface area (Å²) >= 11 is 0. The van der Waals surface area contributed by atoms with Crippen molar-refractivity contribution in [2.75, 3.05) is 6.54 Å². The number of hydrogen-bond donors (Lipinski definition) is 1. The minimum absolute atomic E-state index is 0.543. The molecule has 0 amide bonds. The maximum Gasteiger partial charge on any atom is 0.144 e. The summed E-state index contributed by atoms with van der Waals surface area (Å²) in [4.78, 5) is 4.07. The van der Waals surface area contributed by atoms with Gasteiger partial charge in [0.15, 0.2) is 0 Å². The van der Waals surface area contributed by atoms with E-state index in [4.69, 9.17) is 5.26 Å². The summed E-state index contributed by atoms with van der Waals surface area (Å²) in [5.41, 5.74) is 1.55. The fourth-order valence-electron chi connectivity index (χ4n) is 2.83. The molecule has 2 rings (SSSR count). The summed E-state index contributed by atoms with van der Waals surface area (Å²) < 4.78 is 0. The Balaban J connectivity index is 1.68. The number of hydrogen-bond acceptors (Lipinski definition) is 3. The molecule has 3 nitrogen and oxygen atoms in total. The third-order valence-electron chi connectivity index (χ3n) is 4.18. The van der Waals surface area contributed by atoms with Crippen molar-refractivity contribution in [3.8, 4) is 6.07 Å². The Hall–Kier alpha value is -1.40. The van der Waals surface area contributed by atoms with Crippen molar-refractivity contribution in [3.05, 3.63) is 29.6 Å². The highest BCUT2D eigenvalue weighted by molar-refractivity contribution is 5.30. The summed E-state index contributed by atoms with van der Waals surface area (Å²) in [6.45, 7) is 4.15. The van der Waals surface area contributed by atoms with Crippen molar-refractivity contribution < 1.29 is 0 Å². The summed E-state index contributed by atoms with van der Waals surface area (Å²) in [5, 5.41) is 12.4. The van der Waals surface area contributed by atoms with Crippen molar-refractivity contribution in [3.63, 3.8) is 0 Å². The highest BCUT2D eigenvalue weighted by Gasteiger charge is 2.17. The quantitative estimate of drug-likeness (QED) is 0.824. The zero-order valence-corrected chi connectivity index (χ0v) is 11.7. The van der Waals surface area contributed by atoms with E-state index in [-0.39, 0.29) is 0 Å². The smallest absolute Gasteiger partial charge is 0.144 e. The predicted octanol–water partition coefficient (Wildman–Crippen LogP) is 3.26. The lowest BCUT2D eigenvalue weighted by Crippen LogP contribution is -2.21. The number of pyridine rings is 1. The lowest BCUT2D eigenvalue weighted by molar-refractivity contribution is 0.275. The van der Waals surface area contributed by atoms with E-state index < -0.39 is 0 Å². The SMILES string of the molecule is CC1CCC(CCNCc2cccnc2C#N)CC1. The second-order valence-electron chi connectivity index (χ2n) is 5.71. The summed E-state index contributed by atoms with van der Waals surface area (Å²) in [5.74, 6) is 1.82. The Kier molecular flexibility index (Phi) is 5.35. The highest BCUT2D eigenvalue weighted by Crippen LogP contribution is 2.29. The third kappa shape index (κ3) is 4.33. The third-order valence-corrected chi connectivity index (χ3v) is 4.18. The van der Waals surface area contributed by atoms with Gasteiger partial charge in [-0.1, -0.05) is 38.7 Å². The molecule has 0 atom stereocenters. The van der Waals surface area contributed by atoms with Crippen LogP contribution in [0.2, 0.25) is 0 Å². The molecule has 0 saturated heterocycles. The summed E-state index contributed by atoms with van der Waals surface area (Å²) in [6.07, 6.45) is 8.50. The molecule has 0 aromatic carbocycles. The topological polar surface area (TPSA) is 48.7 Å². The molecule has 1 heterocycles. The highest BCUT2D eigenvalue weighted by atomic mass is 14.9. The van der Waals surface area contributed by atoms with Crippen LogP contribution in [0.5, 0.6) is 0 Å². The van der Waals surface area contributed by atoms with Gasteiger partial charge in [0.05, 0.1) is 0 Å². The summed E-state index contributed by atoms with van der Waals surface area (Å²) in [7, 11) is 0. The molecule has 0 bridgehead atoms. The van der Waals surface area contributed by atoms with E-state index in [1.807, 2.05) is 12.1 Å². The zero-order chi connectivity index (χ0) is 13.5. The van der Waals surface area contributed by atoms with E-state index in [1.54, 1.807) is 6.20 Å². The number of nitrogens with zero attached hydrogens (tertiary/aromatic N) is 2.